The summed E-state index contributed by atoms with van der Waals surface area (Å²) in [5, 5.41) is 0. The molecule has 0 rings (SSSR count). The molecule has 32 valence electrons. The summed E-state index contributed by atoms with van der Waals surface area (Å²) in [5.74, 6) is -1.58. The van der Waals surface area contributed by atoms with Crippen molar-refractivity contribution in [2.24, 2.45) is 0 Å². The second-order valence-corrected chi connectivity index (χ2v) is 0.726. The van der Waals surface area contributed by atoms with E-state index in [2.05, 4.69) is 0 Å². The van der Waals surface area contributed by atoms with Gasteiger partial charge in [-0.25, -0.2) is 0 Å². The van der Waals surface area contributed by atoms with Crippen LogP contribution in [0.25, 0.3) is 0 Å². The van der Waals surface area contributed by atoms with Crippen LogP contribution in [-0.2, 0) is 4.79 Å². The highest BCUT2D eigenvalue weighted by molar-refractivity contribution is 6.91. The number of carbonyl (C=O) groups excluding carboxylic acids is 2. The topological polar surface area (TPSA) is 34.1 Å². The molecular formula is C2H2BFO2. The molecule has 0 N–H and O–H groups in total. The average molecular weight is 87.8 g/mol. The van der Waals surface area contributed by atoms with Gasteiger partial charge in [-0.3, -0.25) is 4.79 Å². The Bertz CT molecular complexity index is 71.9. The van der Waals surface area contributed by atoms with Crippen LogP contribution in [0, 0.1) is 0 Å². The molecule has 4 heteroatoms. The molecule has 0 aliphatic heterocycles. The van der Waals surface area contributed by atoms with Crippen molar-refractivity contribution in [3.8, 4) is 0 Å². The van der Waals surface area contributed by atoms with Crippen LogP contribution in [0.3, 0.4) is 0 Å². The van der Waals surface area contributed by atoms with Crippen molar-refractivity contribution in [2.75, 3.05) is 0 Å². The molecule has 2 nitrogen and oxygen atoms in total. The Morgan fingerprint density at radius 3 is 2.33 bits per heavy atom. The van der Waals surface area contributed by atoms with E-state index < -0.39 is 13.2 Å². The number of hydrogen-bond donors (Lipinski definition) is 0. The number of halogens is 1. The van der Waals surface area contributed by atoms with Crippen molar-refractivity contribution >= 4 is 19.4 Å². The van der Waals surface area contributed by atoms with Gasteiger partial charge in [-0.1, -0.05) is 0 Å². The Balaban J connectivity index is 3.05. The average Bonchev–Trinajstić information content (AvgIpc) is 1.35. The van der Waals surface area contributed by atoms with E-state index in [1.807, 2.05) is 0 Å². The summed E-state index contributed by atoms with van der Waals surface area (Å²) in [4.78, 5) is 18.3. The maximum absolute atomic E-state index is 10.8. The van der Waals surface area contributed by atoms with Crippen LogP contribution in [0.15, 0.2) is 0 Å². The molecule has 0 heterocycles. The molecular weight excluding hydrogens is 85.8 g/mol. The van der Waals surface area contributed by atoms with E-state index in [0.29, 0.717) is 0 Å². The molecule has 0 atom stereocenters. The number of carbonyl (C=O) groups is 2. The zero-order valence-corrected chi connectivity index (χ0v) is 2.98. The van der Waals surface area contributed by atoms with E-state index >= 15 is 0 Å². The monoisotopic (exact) mass is 88.0 g/mol. The van der Waals surface area contributed by atoms with E-state index in [4.69, 9.17) is 9.59 Å². The minimum Gasteiger partial charge on any atom is -0.314 e. The van der Waals surface area contributed by atoms with Gasteiger partial charge < -0.3 is 4.79 Å². The largest absolute Gasteiger partial charge is 0.325 e. The predicted octanol–water partition coefficient (Wildman–Crippen LogP) is -0.297. The summed E-state index contributed by atoms with van der Waals surface area (Å²) in [6.07, 6.45) is 0.225. The first-order valence-electron chi connectivity index (χ1n) is 1.39. The third-order valence-electron chi connectivity index (χ3n) is 0.244. The van der Waals surface area contributed by atoms with E-state index in [9.17, 15) is 4.39 Å². The molecule has 0 spiro atoms. The summed E-state index contributed by atoms with van der Waals surface area (Å²) in [6, 6.07) is 0. The number of rotatable bonds is 2. The fraction of sp³-hybridized carbons (Fsp3) is 0. The Morgan fingerprint density at radius 2 is 2.33 bits per heavy atom. The summed E-state index contributed by atoms with van der Waals surface area (Å²) >= 11 is 0. The third-order valence-corrected chi connectivity index (χ3v) is 0.244. The van der Waals surface area contributed by atoms with Gasteiger partial charge in [0.25, 0.3) is 5.94 Å². The van der Waals surface area contributed by atoms with E-state index in [-0.39, 0.29) is 6.19 Å². The molecule has 0 unspecified atom stereocenters. The standard InChI is InChI=1S/C2H2BFO2/c4-2(6)3-1-5/h1,3H. The Kier molecular flexibility index (Phi) is 2.28. The maximum Gasteiger partial charge on any atom is 0.325 e. The first kappa shape index (κ1) is 5.33. The summed E-state index contributed by atoms with van der Waals surface area (Å²) in [6.45, 7) is 0. The normalized spacial score (nSPS) is 6.83. The van der Waals surface area contributed by atoms with E-state index in [0.717, 1.165) is 0 Å². The van der Waals surface area contributed by atoms with Crippen molar-refractivity contribution in [2.45, 2.75) is 0 Å². The van der Waals surface area contributed by atoms with Gasteiger partial charge in [-0.05, 0) is 0 Å². The summed E-state index contributed by atoms with van der Waals surface area (Å²) < 4.78 is 10.8. The van der Waals surface area contributed by atoms with Gasteiger partial charge in [0.1, 0.15) is 0 Å². The van der Waals surface area contributed by atoms with E-state index in [1.165, 1.54) is 0 Å². The highest BCUT2D eigenvalue weighted by Gasteiger charge is 1.95. The Labute approximate surface area is 34.6 Å². The second-order valence-electron chi connectivity index (χ2n) is 0.726. The summed E-state index contributed by atoms with van der Waals surface area (Å²) in [5.41, 5.74) is 0. The molecule has 0 fully saturated rings. The lowest BCUT2D eigenvalue weighted by Crippen LogP contribution is -1.99. The zero-order chi connectivity index (χ0) is 4.99. The molecule has 0 saturated heterocycles. The molecule has 0 amide bonds. The molecule has 0 saturated carbocycles. The molecule has 0 aromatic heterocycles. The maximum atomic E-state index is 10.8. The molecule has 0 aliphatic carbocycles. The van der Waals surface area contributed by atoms with Crippen LogP contribution >= 0.6 is 0 Å². The van der Waals surface area contributed by atoms with Gasteiger partial charge in [0.2, 0.25) is 0 Å². The quantitative estimate of drug-likeness (QED) is 0.264. The molecule has 6 heavy (non-hydrogen) atoms. The molecule has 0 radical (unpaired) electrons. The van der Waals surface area contributed by atoms with Crippen LogP contribution in [0.1, 0.15) is 0 Å². The smallest absolute Gasteiger partial charge is 0.314 e. The molecule has 0 aromatic carbocycles. The van der Waals surface area contributed by atoms with Crippen molar-refractivity contribution in [1.29, 1.82) is 0 Å². The van der Waals surface area contributed by atoms with Crippen LogP contribution in [0.5, 0.6) is 0 Å². The minimum atomic E-state index is -1.58. The number of hydrogen-bond acceptors (Lipinski definition) is 2. The molecule has 0 aliphatic rings. The molecule has 0 aromatic rings. The third kappa shape index (κ3) is 3.33. The highest BCUT2D eigenvalue weighted by Crippen LogP contribution is 1.66. The van der Waals surface area contributed by atoms with Crippen molar-refractivity contribution in [3.63, 3.8) is 0 Å². The fourth-order valence-electron chi connectivity index (χ4n) is 0.0655. The van der Waals surface area contributed by atoms with Crippen LogP contribution in [0.2, 0.25) is 0 Å². The van der Waals surface area contributed by atoms with Gasteiger partial charge in [0.15, 0.2) is 0 Å². The Morgan fingerprint density at radius 1 is 1.83 bits per heavy atom. The van der Waals surface area contributed by atoms with Gasteiger partial charge in [-0.15, -0.1) is 0 Å². The van der Waals surface area contributed by atoms with Crippen LogP contribution < -0.4 is 0 Å². The van der Waals surface area contributed by atoms with E-state index in [1.54, 1.807) is 0 Å². The van der Waals surface area contributed by atoms with Gasteiger partial charge in [-0.2, -0.15) is 4.39 Å². The van der Waals surface area contributed by atoms with Crippen molar-refractivity contribution in [3.05, 3.63) is 0 Å². The second kappa shape index (κ2) is 2.57. The fourth-order valence-corrected chi connectivity index (χ4v) is 0.0655. The van der Waals surface area contributed by atoms with Crippen LogP contribution in [-0.4, -0.2) is 19.4 Å². The molecule has 0 bridgehead atoms. The van der Waals surface area contributed by atoms with Crippen LogP contribution in [0.4, 0.5) is 9.18 Å². The lowest BCUT2D eigenvalue weighted by Gasteiger charge is -1.63. The van der Waals surface area contributed by atoms with Gasteiger partial charge in [0, 0.05) is 0 Å². The van der Waals surface area contributed by atoms with Crippen molar-refractivity contribution < 1.29 is 14.0 Å². The van der Waals surface area contributed by atoms with Crippen molar-refractivity contribution in [1.82, 2.24) is 0 Å². The zero-order valence-electron chi connectivity index (χ0n) is 2.98. The lowest BCUT2D eigenvalue weighted by molar-refractivity contribution is 0.243. The minimum absolute atomic E-state index is 0.225. The predicted molar refractivity (Wildman–Crippen MR) is 20.4 cm³/mol. The van der Waals surface area contributed by atoms with Gasteiger partial charge in [0.05, 0.1) is 6.19 Å². The summed E-state index contributed by atoms with van der Waals surface area (Å²) in [7, 11) is -0.611. The SMILES string of the molecule is O=CBC(=O)F. The first-order chi connectivity index (χ1) is 2.77. The van der Waals surface area contributed by atoms with Gasteiger partial charge >= 0.3 is 7.28 Å². The lowest BCUT2D eigenvalue weighted by atomic mass is 9.83. The highest BCUT2D eigenvalue weighted by atomic mass is 19.1. The Hall–Kier alpha value is -0.665. The first-order valence-corrected chi connectivity index (χ1v) is 1.39.